The van der Waals surface area contributed by atoms with Gasteiger partial charge in [0, 0.05) is 10.8 Å². The average molecular weight is 312 g/mol. The minimum Gasteiger partial charge on any atom is -0.456 e. The lowest BCUT2D eigenvalue weighted by atomic mass is 9.98. The maximum Gasteiger partial charge on any atom is 0.416 e. The van der Waals surface area contributed by atoms with Gasteiger partial charge in [0.05, 0.1) is 5.56 Å². The van der Waals surface area contributed by atoms with Gasteiger partial charge in [-0.25, -0.2) is 0 Å². The van der Waals surface area contributed by atoms with E-state index in [1.807, 2.05) is 42.5 Å². The average Bonchev–Trinajstić information content (AvgIpc) is 2.93. The van der Waals surface area contributed by atoms with Crippen molar-refractivity contribution in [2.45, 2.75) is 6.18 Å². The van der Waals surface area contributed by atoms with Crippen molar-refractivity contribution in [3.63, 3.8) is 0 Å². The fourth-order valence-electron chi connectivity index (χ4n) is 2.85. The van der Waals surface area contributed by atoms with Crippen LogP contribution in [0.4, 0.5) is 13.2 Å². The molecule has 1 aromatic heterocycles. The molecule has 0 unspecified atom stereocenters. The van der Waals surface area contributed by atoms with E-state index in [-0.39, 0.29) is 0 Å². The number of para-hydroxylation sites is 1. The van der Waals surface area contributed by atoms with Crippen LogP contribution in [-0.4, -0.2) is 0 Å². The van der Waals surface area contributed by atoms with Gasteiger partial charge in [-0.05, 0) is 35.4 Å². The van der Waals surface area contributed by atoms with E-state index in [9.17, 15) is 13.2 Å². The molecule has 0 aliphatic heterocycles. The Morgan fingerprint density at radius 3 is 2.13 bits per heavy atom. The molecular weight excluding hydrogens is 301 g/mol. The van der Waals surface area contributed by atoms with Gasteiger partial charge < -0.3 is 4.42 Å². The monoisotopic (exact) mass is 312 g/mol. The molecule has 4 aromatic rings. The zero-order valence-corrected chi connectivity index (χ0v) is 11.9. The summed E-state index contributed by atoms with van der Waals surface area (Å²) in [6.45, 7) is 0. The summed E-state index contributed by atoms with van der Waals surface area (Å²) in [5, 5.41) is 1.88. The zero-order chi connectivity index (χ0) is 16.0. The number of benzene rings is 3. The van der Waals surface area contributed by atoms with E-state index in [4.69, 9.17) is 4.42 Å². The summed E-state index contributed by atoms with van der Waals surface area (Å²) in [7, 11) is 0. The van der Waals surface area contributed by atoms with Crippen LogP contribution in [-0.2, 0) is 6.18 Å². The molecule has 0 fully saturated rings. The molecule has 0 amide bonds. The maximum atomic E-state index is 12.7. The summed E-state index contributed by atoms with van der Waals surface area (Å²) < 4.78 is 44.0. The summed E-state index contributed by atoms with van der Waals surface area (Å²) in [4.78, 5) is 0. The Morgan fingerprint density at radius 1 is 0.696 bits per heavy atom. The van der Waals surface area contributed by atoms with Crippen LogP contribution in [0, 0.1) is 0 Å². The largest absolute Gasteiger partial charge is 0.456 e. The minimum absolute atomic E-state index is 0.648. The van der Waals surface area contributed by atoms with Crippen LogP contribution in [0.1, 0.15) is 5.56 Å². The van der Waals surface area contributed by atoms with E-state index in [0.29, 0.717) is 0 Å². The lowest BCUT2D eigenvalue weighted by molar-refractivity contribution is -0.137. The summed E-state index contributed by atoms with van der Waals surface area (Å²) in [6.07, 6.45) is -4.33. The fourth-order valence-corrected chi connectivity index (χ4v) is 2.85. The van der Waals surface area contributed by atoms with Gasteiger partial charge in [-0.15, -0.1) is 0 Å². The Labute approximate surface area is 130 Å². The third-order valence-electron chi connectivity index (χ3n) is 3.93. The predicted molar refractivity (Wildman–Crippen MR) is 84.2 cm³/mol. The molecule has 0 aliphatic carbocycles. The van der Waals surface area contributed by atoms with Crippen LogP contribution in [0.15, 0.2) is 71.1 Å². The topological polar surface area (TPSA) is 13.1 Å². The lowest BCUT2D eigenvalue weighted by Gasteiger charge is -2.08. The van der Waals surface area contributed by atoms with E-state index in [2.05, 4.69) is 0 Å². The third kappa shape index (κ3) is 2.27. The van der Waals surface area contributed by atoms with Gasteiger partial charge in [-0.3, -0.25) is 0 Å². The smallest absolute Gasteiger partial charge is 0.416 e. The number of furan rings is 1. The molecule has 0 radical (unpaired) electrons. The molecular formula is C19H11F3O. The van der Waals surface area contributed by atoms with Gasteiger partial charge in [-0.2, -0.15) is 13.2 Å². The molecule has 0 aliphatic rings. The Morgan fingerprint density at radius 2 is 1.39 bits per heavy atom. The number of halogens is 3. The number of hydrogen-bond donors (Lipinski definition) is 0. The Kier molecular flexibility index (Phi) is 2.94. The van der Waals surface area contributed by atoms with Gasteiger partial charge in [0.1, 0.15) is 11.2 Å². The first-order valence-electron chi connectivity index (χ1n) is 7.12. The summed E-state index contributed by atoms with van der Waals surface area (Å²) in [6, 6.07) is 18.5. The Hall–Kier alpha value is -2.75. The molecule has 4 rings (SSSR count). The highest BCUT2D eigenvalue weighted by atomic mass is 19.4. The standard InChI is InChI=1S/C19H11F3O/c20-19(21,22)13-10-8-12(9-11-13)14-5-3-7-17-18(14)15-4-1-2-6-16(15)23-17/h1-11H. The molecule has 4 heteroatoms. The molecule has 1 nitrogen and oxygen atoms in total. The van der Waals surface area contributed by atoms with E-state index in [0.717, 1.165) is 45.2 Å². The molecule has 3 aromatic carbocycles. The molecule has 0 atom stereocenters. The highest BCUT2D eigenvalue weighted by Gasteiger charge is 2.30. The highest BCUT2D eigenvalue weighted by Crippen LogP contribution is 2.37. The number of fused-ring (bicyclic) bond motifs is 3. The third-order valence-corrected chi connectivity index (χ3v) is 3.93. The normalized spacial score (nSPS) is 12.1. The molecule has 0 spiro atoms. The van der Waals surface area contributed by atoms with Crippen molar-refractivity contribution in [1.82, 2.24) is 0 Å². The first-order chi connectivity index (χ1) is 11.0. The highest BCUT2D eigenvalue weighted by molar-refractivity contribution is 6.12. The summed E-state index contributed by atoms with van der Waals surface area (Å²) in [5.41, 5.74) is 2.44. The molecule has 23 heavy (non-hydrogen) atoms. The number of hydrogen-bond acceptors (Lipinski definition) is 1. The number of alkyl halides is 3. The predicted octanol–water partition coefficient (Wildman–Crippen LogP) is 6.27. The van der Waals surface area contributed by atoms with Crippen LogP contribution in [0.2, 0.25) is 0 Å². The van der Waals surface area contributed by atoms with Crippen molar-refractivity contribution in [1.29, 1.82) is 0 Å². The SMILES string of the molecule is FC(F)(F)c1ccc(-c2cccc3oc4ccccc4c23)cc1. The van der Waals surface area contributed by atoms with Crippen LogP contribution in [0.5, 0.6) is 0 Å². The van der Waals surface area contributed by atoms with E-state index in [1.54, 1.807) is 0 Å². The van der Waals surface area contributed by atoms with Crippen molar-refractivity contribution in [3.05, 3.63) is 72.3 Å². The minimum atomic E-state index is -4.33. The second kappa shape index (κ2) is 4.88. The van der Waals surface area contributed by atoms with Gasteiger partial charge in [0.2, 0.25) is 0 Å². The second-order valence-electron chi connectivity index (χ2n) is 5.35. The molecule has 1 heterocycles. The molecule has 114 valence electrons. The van der Waals surface area contributed by atoms with Crippen LogP contribution >= 0.6 is 0 Å². The van der Waals surface area contributed by atoms with E-state index in [1.165, 1.54) is 12.1 Å². The van der Waals surface area contributed by atoms with Crippen molar-refractivity contribution in [3.8, 4) is 11.1 Å². The van der Waals surface area contributed by atoms with Crippen molar-refractivity contribution >= 4 is 21.9 Å². The van der Waals surface area contributed by atoms with Gasteiger partial charge >= 0.3 is 6.18 Å². The van der Waals surface area contributed by atoms with Gasteiger partial charge in [0.25, 0.3) is 0 Å². The van der Waals surface area contributed by atoms with E-state index >= 15 is 0 Å². The fraction of sp³-hybridized carbons (Fsp3) is 0.0526. The molecule has 0 saturated carbocycles. The first kappa shape index (κ1) is 13.9. The lowest BCUT2D eigenvalue weighted by Crippen LogP contribution is -2.03. The van der Waals surface area contributed by atoms with Crippen LogP contribution < -0.4 is 0 Å². The summed E-state index contributed by atoms with van der Waals surface area (Å²) >= 11 is 0. The zero-order valence-electron chi connectivity index (χ0n) is 11.9. The van der Waals surface area contributed by atoms with Crippen molar-refractivity contribution in [2.75, 3.05) is 0 Å². The second-order valence-corrected chi connectivity index (χ2v) is 5.35. The van der Waals surface area contributed by atoms with Crippen molar-refractivity contribution in [2.24, 2.45) is 0 Å². The van der Waals surface area contributed by atoms with Crippen LogP contribution in [0.25, 0.3) is 33.1 Å². The maximum absolute atomic E-state index is 12.7. The Balaban J connectivity index is 1.95. The van der Waals surface area contributed by atoms with Gasteiger partial charge in [0.15, 0.2) is 0 Å². The van der Waals surface area contributed by atoms with E-state index < -0.39 is 11.7 Å². The molecule has 0 saturated heterocycles. The molecule has 0 N–H and O–H groups in total. The first-order valence-corrected chi connectivity index (χ1v) is 7.12. The van der Waals surface area contributed by atoms with Crippen LogP contribution in [0.3, 0.4) is 0 Å². The summed E-state index contributed by atoms with van der Waals surface area (Å²) in [5.74, 6) is 0. The Bertz CT molecular complexity index is 995. The number of rotatable bonds is 1. The van der Waals surface area contributed by atoms with Crippen molar-refractivity contribution < 1.29 is 17.6 Å². The molecule has 0 bridgehead atoms. The quantitative estimate of drug-likeness (QED) is 0.403. The van der Waals surface area contributed by atoms with Gasteiger partial charge in [-0.1, -0.05) is 42.5 Å².